The second kappa shape index (κ2) is 9.28. The summed E-state index contributed by atoms with van der Waals surface area (Å²) in [4.78, 5) is 4.51. The zero-order valence-electron chi connectivity index (χ0n) is 15.8. The van der Waals surface area contributed by atoms with Crippen LogP contribution in [0, 0.1) is 11.6 Å². The maximum Gasteiger partial charge on any atom is 0.203 e. The highest BCUT2D eigenvalue weighted by molar-refractivity contribution is 7.14. The number of halogens is 2. The number of hydrogen-bond donors (Lipinski definition) is 1. The molecule has 4 rings (SSSR count). The lowest BCUT2D eigenvalue weighted by molar-refractivity contribution is 0.292. The van der Waals surface area contributed by atoms with Gasteiger partial charge in [0.05, 0.1) is 17.5 Å². The van der Waals surface area contributed by atoms with Gasteiger partial charge in [-0.1, -0.05) is 48.5 Å². The largest absolute Gasteiger partial charge is 0.489 e. The van der Waals surface area contributed by atoms with E-state index < -0.39 is 11.6 Å². The summed E-state index contributed by atoms with van der Waals surface area (Å²) >= 11 is 1.46. The maximum absolute atomic E-state index is 13.7. The number of rotatable bonds is 7. The van der Waals surface area contributed by atoms with Crippen LogP contribution in [0.3, 0.4) is 0 Å². The molecule has 0 unspecified atom stereocenters. The molecule has 1 N–H and O–H groups in total. The standard InChI is InChI=1S/C23H17F2N3OS/c24-20-10-5-11-21(25)19(20)14-29-18-9-4-6-16(12-18)13-26-28-23-27-22(15-30-23)17-7-2-1-3-8-17/h1-13,15H,14H2,(H,27,28). The summed E-state index contributed by atoms with van der Waals surface area (Å²) in [7, 11) is 0. The van der Waals surface area contributed by atoms with Gasteiger partial charge in [-0.25, -0.2) is 13.8 Å². The van der Waals surface area contributed by atoms with Crippen LogP contribution in [0.15, 0.2) is 83.3 Å². The second-order valence-electron chi connectivity index (χ2n) is 6.34. The van der Waals surface area contributed by atoms with E-state index in [9.17, 15) is 8.78 Å². The zero-order chi connectivity index (χ0) is 20.8. The molecular weight excluding hydrogens is 404 g/mol. The minimum Gasteiger partial charge on any atom is -0.489 e. The van der Waals surface area contributed by atoms with Gasteiger partial charge in [0.1, 0.15) is 24.0 Å². The Bertz CT molecular complexity index is 1140. The third kappa shape index (κ3) is 4.87. The van der Waals surface area contributed by atoms with Crippen molar-refractivity contribution in [3.63, 3.8) is 0 Å². The van der Waals surface area contributed by atoms with Crippen LogP contribution in [-0.2, 0) is 6.61 Å². The van der Waals surface area contributed by atoms with Crippen LogP contribution in [0.2, 0.25) is 0 Å². The predicted octanol–water partition coefficient (Wildman–Crippen LogP) is 6.11. The summed E-state index contributed by atoms with van der Waals surface area (Å²) in [5.41, 5.74) is 5.51. The zero-order valence-corrected chi connectivity index (χ0v) is 16.6. The topological polar surface area (TPSA) is 46.5 Å². The molecule has 30 heavy (non-hydrogen) atoms. The summed E-state index contributed by atoms with van der Waals surface area (Å²) in [5.74, 6) is -0.771. The lowest BCUT2D eigenvalue weighted by Gasteiger charge is -2.08. The highest BCUT2D eigenvalue weighted by Gasteiger charge is 2.09. The molecule has 0 amide bonds. The highest BCUT2D eigenvalue weighted by atomic mass is 32.1. The minimum absolute atomic E-state index is 0.101. The SMILES string of the molecule is Fc1cccc(F)c1COc1cccc(C=NNc2nc(-c3ccccc3)cs2)c1. The Kier molecular flexibility index (Phi) is 6.10. The van der Waals surface area contributed by atoms with Gasteiger partial charge in [0.2, 0.25) is 5.13 Å². The molecule has 4 nitrogen and oxygen atoms in total. The van der Waals surface area contributed by atoms with E-state index in [0.717, 1.165) is 16.8 Å². The van der Waals surface area contributed by atoms with Crippen molar-refractivity contribution in [3.8, 4) is 17.0 Å². The Balaban J connectivity index is 1.37. The monoisotopic (exact) mass is 421 g/mol. The Morgan fingerprint density at radius 3 is 2.53 bits per heavy atom. The average Bonchev–Trinajstić information content (AvgIpc) is 3.23. The van der Waals surface area contributed by atoms with Crippen molar-refractivity contribution in [2.24, 2.45) is 5.10 Å². The van der Waals surface area contributed by atoms with Gasteiger partial charge in [0.25, 0.3) is 0 Å². The van der Waals surface area contributed by atoms with E-state index in [-0.39, 0.29) is 12.2 Å². The fourth-order valence-corrected chi connectivity index (χ4v) is 3.41. The molecule has 3 aromatic carbocycles. The van der Waals surface area contributed by atoms with Gasteiger partial charge in [-0.15, -0.1) is 11.3 Å². The fourth-order valence-electron chi connectivity index (χ4n) is 2.74. The summed E-state index contributed by atoms with van der Waals surface area (Å²) < 4.78 is 33.0. The van der Waals surface area contributed by atoms with Gasteiger partial charge in [-0.3, -0.25) is 5.43 Å². The number of hydrazone groups is 1. The van der Waals surface area contributed by atoms with Crippen LogP contribution in [0.25, 0.3) is 11.3 Å². The van der Waals surface area contributed by atoms with E-state index in [1.54, 1.807) is 24.4 Å². The summed E-state index contributed by atoms with van der Waals surface area (Å²) in [5, 5.41) is 6.84. The number of nitrogens with one attached hydrogen (secondary N) is 1. The first-order valence-electron chi connectivity index (χ1n) is 9.15. The molecule has 0 atom stereocenters. The summed E-state index contributed by atoms with van der Waals surface area (Å²) in [6.45, 7) is -0.196. The molecule has 1 aromatic heterocycles. The number of nitrogens with zero attached hydrogens (tertiary/aromatic N) is 2. The number of hydrogen-bond acceptors (Lipinski definition) is 5. The molecule has 4 aromatic rings. The summed E-state index contributed by atoms with van der Waals surface area (Å²) in [6.07, 6.45) is 1.63. The predicted molar refractivity (Wildman–Crippen MR) is 116 cm³/mol. The lowest BCUT2D eigenvalue weighted by Crippen LogP contribution is -2.02. The van der Waals surface area contributed by atoms with E-state index in [1.165, 1.54) is 29.5 Å². The average molecular weight is 421 g/mol. The van der Waals surface area contributed by atoms with Crippen LogP contribution >= 0.6 is 11.3 Å². The van der Waals surface area contributed by atoms with Crippen molar-refractivity contribution in [2.75, 3.05) is 5.43 Å². The first kappa shape index (κ1) is 19.7. The molecule has 0 bridgehead atoms. The molecule has 0 spiro atoms. The first-order valence-corrected chi connectivity index (χ1v) is 10.0. The number of anilines is 1. The van der Waals surface area contributed by atoms with Crippen molar-refractivity contribution < 1.29 is 13.5 Å². The highest BCUT2D eigenvalue weighted by Crippen LogP contribution is 2.24. The van der Waals surface area contributed by atoms with Gasteiger partial charge in [0, 0.05) is 10.9 Å². The number of aromatic nitrogens is 1. The maximum atomic E-state index is 13.7. The Morgan fingerprint density at radius 2 is 1.73 bits per heavy atom. The van der Waals surface area contributed by atoms with E-state index in [0.29, 0.717) is 10.9 Å². The number of benzene rings is 3. The van der Waals surface area contributed by atoms with E-state index in [1.807, 2.05) is 41.8 Å². The van der Waals surface area contributed by atoms with Crippen molar-refractivity contribution in [3.05, 3.63) is 101 Å². The van der Waals surface area contributed by atoms with Crippen LogP contribution in [0.4, 0.5) is 13.9 Å². The van der Waals surface area contributed by atoms with Crippen molar-refractivity contribution in [2.45, 2.75) is 6.61 Å². The number of thiazole rings is 1. The molecular formula is C23H17F2N3OS. The van der Waals surface area contributed by atoms with Gasteiger partial charge in [-0.2, -0.15) is 5.10 Å². The van der Waals surface area contributed by atoms with Gasteiger partial charge in [-0.05, 0) is 29.8 Å². The van der Waals surface area contributed by atoms with E-state index >= 15 is 0 Å². The Hall–Kier alpha value is -3.58. The fraction of sp³-hybridized carbons (Fsp3) is 0.0435. The van der Waals surface area contributed by atoms with Crippen LogP contribution in [0.5, 0.6) is 5.75 Å². The minimum atomic E-state index is -0.629. The van der Waals surface area contributed by atoms with Gasteiger partial charge in [0.15, 0.2) is 0 Å². The van der Waals surface area contributed by atoms with Crippen LogP contribution in [-0.4, -0.2) is 11.2 Å². The quantitative estimate of drug-likeness (QED) is 0.289. The summed E-state index contributed by atoms with van der Waals surface area (Å²) in [6, 6.07) is 20.7. The molecule has 0 aliphatic heterocycles. The Labute approximate surface area is 176 Å². The normalized spacial score (nSPS) is 11.0. The van der Waals surface area contributed by atoms with Gasteiger partial charge < -0.3 is 4.74 Å². The molecule has 7 heteroatoms. The third-order valence-electron chi connectivity index (χ3n) is 4.25. The van der Waals surface area contributed by atoms with E-state index in [4.69, 9.17) is 4.74 Å². The molecule has 150 valence electrons. The third-order valence-corrected chi connectivity index (χ3v) is 5.00. The smallest absolute Gasteiger partial charge is 0.203 e. The molecule has 0 fully saturated rings. The lowest BCUT2D eigenvalue weighted by atomic mass is 10.2. The molecule has 1 heterocycles. The molecule has 0 radical (unpaired) electrons. The van der Waals surface area contributed by atoms with E-state index in [2.05, 4.69) is 15.5 Å². The van der Waals surface area contributed by atoms with Crippen LogP contribution in [0.1, 0.15) is 11.1 Å². The first-order chi connectivity index (χ1) is 14.7. The van der Waals surface area contributed by atoms with Crippen molar-refractivity contribution in [1.29, 1.82) is 0 Å². The molecule has 0 saturated heterocycles. The van der Waals surface area contributed by atoms with Crippen molar-refractivity contribution >= 4 is 22.7 Å². The number of ether oxygens (including phenoxy) is 1. The van der Waals surface area contributed by atoms with Gasteiger partial charge >= 0.3 is 0 Å². The second-order valence-corrected chi connectivity index (χ2v) is 7.19. The molecule has 0 aliphatic carbocycles. The van der Waals surface area contributed by atoms with Crippen LogP contribution < -0.4 is 10.2 Å². The molecule has 0 saturated carbocycles. The van der Waals surface area contributed by atoms with Crippen molar-refractivity contribution in [1.82, 2.24) is 4.98 Å². The Morgan fingerprint density at radius 1 is 0.967 bits per heavy atom. The molecule has 0 aliphatic rings.